The number of carbonyl (C=O) groups is 1. The van der Waals surface area contributed by atoms with Gasteiger partial charge in [-0.2, -0.15) is 0 Å². The highest BCUT2D eigenvalue weighted by atomic mass is 32.1. The van der Waals surface area contributed by atoms with E-state index in [1.807, 2.05) is 0 Å². The standard InChI is InChI=1S/C28H58O2Si.C2H4OS/c1-4-5-6-7-20-23-26-31-30-28(29)25-22-19-17-15-13-11-9-8-10-12-14-16-18-21-24-27(2)3;1-2(3)4/h27H,4-26,31H2,1-3H3;1H3,(H,3,4). The van der Waals surface area contributed by atoms with Crippen LogP contribution in [0.4, 0.5) is 0 Å². The predicted octanol–water partition coefficient (Wildman–Crippen LogP) is 10.2. The molecule has 0 atom stereocenters. The largest absolute Gasteiger partial charge is 0.525 e. The molecule has 210 valence electrons. The van der Waals surface area contributed by atoms with Crippen LogP contribution in [0.5, 0.6) is 0 Å². The quantitative estimate of drug-likeness (QED) is 0.0724. The number of unbranched alkanes of at least 4 members (excludes halogenated alkanes) is 18. The fourth-order valence-corrected chi connectivity index (χ4v) is 5.33. The summed E-state index contributed by atoms with van der Waals surface area (Å²) in [6.07, 6.45) is 29.2. The molecule has 0 saturated heterocycles. The zero-order valence-corrected chi connectivity index (χ0v) is 26.5. The van der Waals surface area contributed by atoms with E-state index < -0.39 is 9.76 Å². The van der Waals surface area contributed by atoms with E-state index in [2.05, 4.69) is 33.0 Å². The average molecular weight is 531 g/mol. The van der Waals surface area contributed by atoms with E-state index >= 15 is 0 Å². The fourth-order valence-electron chi connectivity index (χ4n) is 4.26. The Bertz CT molecular complexity index is 439. The van der Waals surface area contributed by atoms with Gasteiger partial charge in [0.1, 0.15) is 0 Å². The van der Waals surface area contributed by atoms with E-state index in [0.29, 0.717) is 6.42 Å². The number of aliphatic hydroxyl groups is 1. The SMILES string of the molecule is CC(O)=S.CCCCCCCC[SiH2]OC(=O)CCCCCCCCCCCCCCCCC(C)C. The summed E-state index contributed by atoms with van der Waals surface area (Å²) in [6.45, 7) is 8.37. The molecule has 0 heterocycles. The second-order valence-electron chi connectivity index (χ2n) is 10.7. The van der Waals surface area contributed by atoms with Gasteiger partial charge >= 0.3 is 0 Å². The first-order valence-electron chi connectivity index (χ1n) is 15.2. The van der Waals surface area contributed by atoms with E-state index in [1.165, 1.54) is 141 Å². The van der Waals surface area contributed by atoms with Crippen molar-refractivity contribution in [2.75, 3.05) is 0 Å². The molecule has 0 radical (unpaired) electrons. The molecule has 0 aliphatic heterocycles. The first-order valence-corrected chi connectivity index (χ1v) is 17.2. The summed E-state index contributed by atoms with van der Waals surface area (Å²) < 4.78 is 5.50. The minimum absolute atomic E-state index is 0.000000000000000222. The number of thiocarbonyl (C=S) groups is 1. The molecule has 1 N–H and O–H groups in total. The van der Waals surface area contributed by atoms with Crippen LogP contribution in [0.3, 0.4) is 0 Å². The maximum atomic E-state index is 11.8. The van der Waals surface area contributed by atoms with Gasteiger partial charge in [-0.3, -0.25) is 4.79 Å². The van der Waals surface area contributed by atoms with Gasteiger partial charge in [-0.25, -0.2) is 0 Å². The highest BCUT2D eigenvalue weighted by molar-refractivity contribution is 7.79. The Balaban J connectivity index is 0. The van der Waals surface area contributed by atoms with Gasteiger partial charge in [0.15, 0.2) is 5.05 Å². The Morgan fingerprint density at radius 3 is 1.51 bits per heavy atom. The van der Waals surface area contributed by atoms with Gasteiger partial charge in [0, 0.05) is 13.3 Å². The Morgan fingerprint density at radius 2 is 1.09 bits per heavy atom. The van der Waals surface area contributed by atoms with Gasteiger partial charge in [-0.05, 0) is 30.6 Å². The summed E-state index contributed by atoms with van der Waals surface area (Å²) in [5, 5.41) is 7.79. The highest BCUT2D eigenvalue weighted by Gasteiger charge is 2.03. The fraction of sp³-hybridized carbons (Fsp3) is 0.933. The molecule has 0 saturated carbocycles. The first kappa shape index (κ1) is 36.7. The average Bonchev–Trinajstić information content (AvgIpc) is 2.80. The Labute approximate surface area is 227 Å². The summed E-state index contributed by atoms with van der Waals surface area (Å²) in [4.78, 5) is 11.8. The molecule has 0 rings (SSSR count). The van der Waals surface area contributed by atoms with E-state index in [4.69, 9.17) is 9.53 Å². The van der Waals surface area contributed by atoms with Crippen LogP contribution in [0, 0.1) is 5.92 Å². The Hall–Kier alpha value is -0.423. The van der Waals surface area contributed by atoms with Crippen molar-refractivity contribution in [2.24, 2.45) is 5.92 Å². The van der Waals surface area contributed by atoms with E-state index in [1.54, 1.807) is 0 Å². The topological polar surface area (TPSA) is 46.5 Å². The van der Waals surface area contributed by atoms with E-state index in [-0.39, 0.29) is 11.0 Å². The normalized spacial score (nSPS) is 11.1. The predicted molar refractivity (Wildman–Crippen MR) is 162 cm³/mol. The monoisotopic (exact) mass is 530 g/mol. The third-order valence-electron chi connectivity index (χ3n) is 6.42. The van der Waals surface area contributed by atoms with Crippen molar-refractivity contribution < 1.29 is 14.3 Å². The molecule has 0 aliphatic carbocycles. The van der Waals surface area contributed by atoms with Gasteiger partial charge in [0.05, 0.1) is 0 Å². The van der Waals surface area contributed by atoms with Crippen molar-refractivity contribution in [3.8, 4) is 0 Å². The molecule has 0 spiro atoms. The van der Waals surface area contributed by atoms with Gasteiger partial charge < -0.3 is 9.53 Å². The molecule has 0 aromatic rings. The third-order valence-corrected chi connectivity index (χ3v) is 7.74. The van der Waals surface area contributed by atoms with Crippen molar-refractivity contribution in [3.63, 3.8) is 0 Å². The summed E-state index contributed by atoms with van der Waals surface area (Å²) >= 11 is 4.09. The summed E-state index contributed by atoms with van der Waals surface area (Å²) in [6, 6.07) is 1.18. The van der Waals surface area contributed by atoms with Crippen LogP contribution in [0.1, 0.15) is 169 Å². The molecule has 0 amide bonds. The number of rotatable bonds is 25. The molecule has 0 unspecified atom stereocenters. The molecule has 35 heavy (non-hydrogen) atoms. The second kappa shape index (κ2) is 31.6. The van der Waals surface area contributed by atoms with Crippen LogP contribution in [0.25, 0.3) is 0 Å². The van der Waals surface area contributed by atoms with Gasteiger partial charge in [0.2, 0.25) is 9.76 Å². The molecule has 3 nitrogen and oxygen atoms in total. The minimum atomic E-state index is -0.594. The van der Waals surface area contributed by atoms with E-state index in [0.717, 1.165) is 12.3 Å². The van der Waals surface area contributed by atoms with Crippen LogP contribution in [-0.4, -0.2) is 25.9 Å². The van der Waals surface area contributed by atoms with Crippen molar-refractivity contribution in [1.29, 1.82) is 0 Å². The molecule has 5 heteroatoms. The van der Waals surface area contributed by atoms with Gasteiger partial charge in [0.25, 0.3) is 5.97 Å². The Kier molecular flexibility index (Phi) is 33.2. The van der Waals surface area contributed by atoms with Crippen molar-refractivity contribution in [2.45, 2.75) is 175 Å². The van der Waals surface area contributed by atoms with E-state index in [9.17, 15) is 4.79 Å². The maximum absolute atomic E-state index is 11.8. The molecule has 0 aliphatic rings. The zero-order chi connectivity index (χ0) is 26.4. The Morgan fingerprint density at radius 1 is 0.714 bits per heavy atom. The number of hydrogen-bond donors (Lipinski definition) is 1. The molecule has 0 aromatic carbocycles. The maximum Gasteiger partial charge on any atom is 0.292 e. The molecular formula is C30H62O3SSi. The lowest BCUT2D eigenvalue weighted by molar-refractivity contribution is -0.134. The van der Waals surface area contributed by atoms with Crippen molar-refractivity contribution in [3.05, 3.63) is 0 Å². The van der Waals surface area contributed by atoms with Gasteiger partial charge in [-0.15, -0.1) is 0 Å². The highest BCUT2D eigenvalue weighted by Crippen LogP contribution is 2.15. The lowest BCUT2D eigenvalue weighted by atomic mass is 10.0. The number of carbonyl (C=O) groups excluding carboxylic acids is 1. The molecule has 0 bridgehead atoms. The second-order valence-corrected chi connectivity index (χ2v) is 12.7. The minimum Gasteiger partial charge on any atom is -0.525 e. The summed E-state index contributed by atoms with van der Waals surface area (Å²) in [5.41, 5.74) is 0. The summed E-state index contributed by atoms with van der Waals surface area (Å²) in [5.74, 6) is 0.958. The zero-order valence-electron chi connectivity index (χ0n) is 24.2. The number of hydrogen-bond acceptors (Lipinski definition) is 3. The van der Waals surface area contributed by atoms with Crippen molar-refractivity contribution in [1.82, 2.24) is 0 Å². The molecule has 0 fully saturated rings. The third kappa shape index (κ3) is 41.0. The lowest BCUT2D eigenvalue weighted by Gasteiger charge is -2.06. The van der Waals surface area contributed by atoms with Crippen LogP contribution in [-0.2, 0) is 9.22 Å². The molecular weight excluding hydrogens is 468 g/mol. The molecule has 0 aromatic heterocycles. The van der Waals surface area contributed by atoms with Gasteiger partial charge in [-0.1, -0.05) is 149 Å². The van der Waals surface area contributed by atoms with Crippen molar-refractivity contribution >= 4 is 33.0 Å². The van der Waals surface area contributed by atoms with Crippen LogP contribution in [0.15, 0.2) is 0 Å². The summed E-state index contributed by atoms with van der Waals surface area (Å²) in [7, 11) is -0.594. The van der Waals surface area contributed by atoms with Crippen LogP contribution >= 0.6 is 12.2 Å². The van der Waals surface area contributed by atoms with Crippen LogP contribution < -0.4 is 0 Å². The lowest BCUT2D eigenvalue weighted by Crippen LogP contribution is -2.08. The smallest absolute Gasteiger partial charge is 0.292 e. The van der Waals surface area contributed by atoms with Crippen LogP contribution in [0.2, 0.25) is 6.04 Å². The first-order chi connectivity index (χ1) is 16.9. The number of aliphatic hydroxyl groups excluding tert-OH is 1.